The number of aromatic nitrogens is 2. The van der Waals surface area contributed by atoms with E-state index in [0.29, 0.717) is 5.75 Å². The molecule has 9 heavy (non-hydrogen) atoms. The maximum absolute atomic E-state index is 4.84. The smallest absolute Gasteiger partial charge is 0.155 e. The van der Waals surface area contributed by atoms with E-state index in [0.717, 1.165) is 5.82 Å². The molecule has 3 nitrogen and oxygen atoms in total. The molecule has 0 saturated heterocycles. The molecule has 1 heterocycles. The minimum absolute atomic E-state index is 0.695. The van der Waals surface area contributed by atoms with Gasteiger partial charge in [-0.15, -0.1) is 0 Å². The van der Waals surface area contributed by atoms with Gasteiger partial charge < -0.3 is 4.74 Å². The quantitative estimate of drug-likeness (QED) is 0.555. The first-order valence-corrected chi connectivity index (χ1v) is 2.65. The molecule has 0 aliphatic rings. The molecule has 0 atom stereocenters. The summed E-state index contributed by atoms with van der Waals surface area (Å²) < 4.78 is 4.84. The SMILES string of the molecule is COc1cnc(C)nc1. The molecule has 0 N–H and O–H groups in total. The van der Waals surface area contributed by atoms with E-state index in [9.17, 15) is 0 Å². The van der Waals surface area contributed by atoms with Gasteiger partial charge in [0.25, 0.3) is 0 Å². The Morgan fingerprint density at radius 1 is 1.33 bits per heavy atom. The second-order valence-corrected chi connectivity index (χ2v) is 1.67. The highest BCUT2D eigenvalue weighted by atomic mass is 16.5. The van der Waals surface area contributed by atoms with Crippen LogP contribution in [-0.4, -0.2) is 17.1 Å². The van der Waals surface area contributed by atoms with E-state index < -0.39 is 0 Å². The van der Waals surface area contributed by atoms with Gasteiger partial charge in [-0.3, -0.25) is 0 Å². The number of hydrogen-bond donors (Lipinski definition) is 0. The number of aryl methyl sites for hydroxylation is 1. The van der Waals surface area contributed by atoms with Crippen LogP contribution in [0.2, 0.25) is 0 Å². The standard InChI is InChI=1S/C6H8N2O/c1-5-7-3-6(9-2)4-8-5/h3-4H,1-2H3. The first-order chi connectivity index (χ1) is 4.33. The van der Waals surface area contributed by atoms with Crippen LogP contribution in [0.4, 0.5) is 0 Å². The predicted octanol–water partition coefficient (Wildman–Crippen LogP) is 0.794. The van der Waals surface area contributed by atoms with Gasteiger partial charge in [0.2, 0.25) is 0 Å². The molecular formula is C6H8N2O. The first kappa shape index (κ1) is 6.01. The van der Waals surface area contributed by atoms with Crippen molar-refractivity contribution in [2.75, 3.05) is 7.11 Å². The number of rotatable bonds is 1. The molecule has 1 aromatic heterocycles. The van der Waals surface area contributed by atoms with Crippen molar-refractivity contribution in [2.24, 2.45) is 0 Å². The molecule has 0 aliphatic heterocycles. The molecule has 0 unspecified atom stereocenters. The van der Waals surface area contributed by atoms with Crippen LogP contribution in [0.25, 0.3) is 0 Å². The van der Waals surface area contributed by atoms with Gasteiger partial charge in [0.15, 0.2) is 5.75 Å². The fraction of sp³-hybridized carbons (Fsp3) is 0.333. The molecular weight excluding hydrogens is 116 g/mol. The molecule has 3 heteroatoms. The number of nitrogens with zero attached hydrogens (tertiary/aromatic N) is 2. The van der Waals surface area contributed by atoms with Gasteiger partial charge in [0.1, 0.15) is 5.82 Å². The van der Waals surface area contributed by atoms with Crippen LogP contribution >= 0.6 is 0 Å². The van der Waals surface area contributed by atoms with Crippen LogP contribution in [0.3, 0.4) is 0 Å². The highest BCUT2D eigenvalue weighted by molar-refractivity contribution is 5.11. The van der Waals surface area contributed by atoms with Gasteiger partial charge in [-0.2, -0.15) is 0 Å². The zero-order valence-corrected chi connectivity index (χ0v) is 5.46. The Hall–Kier alpha value is -1.12. The van der Waals surface area contributed by atoms with E-state index in [-0.39, 0.29) is 0 Å². The van der Waals surface area contributed by atoms with Gasteiger partial charge >= 0.3 is 0 Å². The lowest BCUT2D eigenvalue weighted by Crippen LogP contribution is -1.88. The van der Waals surface area contributed by atoms with Crippen molar-refractivity contribution in [3.63, 3.8) is 0 Å². The van der Waals surface area contributed by atoms with Gasteiger partial charge in [0.05, 0.1) is 19.5 Å². The molecule has 0 aliphatic carbocycles. The van der Waals surface area contributed by atoms with Crippen LogP contribution in [0.1, 0.15) is 5.82 Å². The van der Waals surface area contributed by atoms with E-state index in [1.165, 1.54) is 0 Å². The van der Waals surface area contributed by atoms with Gasteiger partial charge in [-0.25, -0.2) is 9.97 Å². The van der Waals surface area contributed by atoms with E-state index in [4.69, 9.17) is 4.74 Å². The summed E-state index contributed by atoms with van der Waals surface area (Å²) in [5, 5.41) is 0. The topological polar surface area (TPSA) is 35.0 Å². The lowest BCUT2D eigenvalue weighted by molar-refractivity contribution is 0.410. The summed E-state index contributed by atoms with van der Waals surface area (Å²) in [6.07, 6.45) is 3.28. The molecule has 1 rings (SSSR count). The molecule has 0 bridgehead atoms. The second kappa shape index (κ2) is 2.44. The average Bonchev–Trinajstić information content (AvgIpc) is 1.90. The zero-order chi connectivity index (χ0) is 6.69. The van der Waals surface area contributed by atoms with Crippen molar-refractivity contribution in [1.29, 1.82) is 0 Å². The number of ether oxygens (including phenoxy) is 1. The Morgan fingerprint density at radius 3 is 2.33 bits per heavy atom. The summed E-state index contributed by atoms with van der Waals surface area (Å²) in [5.41, 5.74) is 0. The first-order valence-electron chi connectivity index (χ1n) is 2.65. The highest BCUT2D eigenvalue weighted by Gasteiger charge is 1.88. The third-order valence-corrected chi connectivity index (χ3v) is 0.993. The molecule has 0 amide bonds. The molecule has 1 aromatic rings. The van der Waals surface area contributed by atoms with E-state index in [1.807, 2.05) is 6.92 Å². The molecule has 0 spiro atoms. The Balaban J connectivity index is 2.88. The summed E-state index contributed by atoms with van der Waals surface area (Å²) in [6.45, 7) is 1.83. The van der Waals surface area contributed by atoms with Gasteiger partial charge in [-0.1, -0.05) is 0 Å². The van der Waals surface area contributed by atoms with Crippen molar-refractivity contribution in [1.82, 2.24) is 9.97 Å². The van der Waals surface area contributed by atoms with Crippen molar-refractivity contribution >= 4 is 0 Å². The summed E-state index contributed by atoms with van der Waals surface area (Å²) in [4.78, 5) is 7.83. The Kier molecular flexibility index (Phi) is 1.63. The highest BCUT2D eigenvalue weighted by Crippen LogP contribution is 2.02. The van der Waals surface area contributed by atoms with Gasteiger partial charge in [-0.05, 0) is 6.92 Å². The molecule has 48 valence electrons. The summed E-state index contributed by atoms with van der Waals surface area (Å²) in [5.74, 6) is 1.46. The van der Waals surface area contributed by atoms with E-state index in [2.05, 4.69) is 9.97 Å². The number of hydrogen-bond acceptors (Lipinski definition) is 3. The Bertz CT molecular complexity index is 183. The molecule has 0 saturated carbocycles. The largest absolute Gasteiger partial charge is 0.494 e. The lowest BCUT2D eigenvalue weighted by atomic mass is 10.6. The third kappa shape index (κ3) is 1.38. The van der Waals surface area contributed by atoms with Crippen molar-refractivity contribution in [3.8, 4) is 5.75 Å². The summed E-state index contributed by atoms with van der Waals surface area (Å²) in [6, 6.07) is 0. The van der Waals surface area contributed by atoms with Crippen LogP contribution in [0.15, 0.2) is 12.4 Å². The third-order valence-electron chi connectivity index (χ3n) is 0.993. The average molecular weight is 124 g/mol. The van der Waals surface area contributed by atoms with E-state index in [1.54, 1.807) is 19.5 Å². The zero-order valence-electron chi connectivity index (χ0n) is 5.46. The monoisotopic (exact) mass is 124 g/mol. The normalized spacial score (nSPS) is 9.11. The maximum atomic E-state index is 4.84. The molecule has 0 fully saturated rings. The van der Waals surface area contributed by atoms with Crippen LogP contribution < -0.4 is 4.74 Å². The van der Waals surface area contributed by atoms with Crippen molar-refractivity contribution in [3.05, 3.63) is 18.2 Å². The molecule has 0 radical (unpaired) electrons. The van der Waals surface area contributed by atoms with Crippen LogP contribution in [0, 0.1) is 6.92 Å². The fourth-order valence-corrected chi connectivity index (χ4v) is 0.486. The fourth-order valence-electron chi connectivity index (χ4n) is 0.486. The predicted molar refractivity (Wildman–Crippen MR) is 33.3 cm³/mol. The van der Waals surface area contributed by atoms with Gasteiger partial charge in [0, 0.05) is 0 Å². The van der Waals surface area contributed by atoms with Crippen LogP contribution in [0.5, 0.6) is 5.75 Å². The summed E-state index contributed by atoms with van der Waals surface area (Å²) in [7, 11) is 1.59. The van der Waals surface area contributed by atoms with E-state index >= 15 is 0 Å². The minimum atomic E-state index is 0.695. The Labute approximate surface area is 53.7 Å². The number of methoxy groups -OCH3 is 1. The summed E-state index contributed by atoms with van der Waals surface area (Å²) >= 11 is 0. The van der Waals surface area contributed by atoms with Crippen LogP contribution in [-0.2, 0) is 0 Å². The minimum Gasteiger partial charge on any atom is -0.494 e. The molecule has 0 aromatic carbocycles. The Morgan fingerprint density at radius 2 is 1.89 bits per heavy atom. The maximum Gasteiger partial charge on any atom is 0.155 e. The van der Waals surface area contributed by atoms with Crippen molar-refractivity contribution in [2.45, 2.75) is 6.92 Å². The lowest BCUT2D eigenvalue weighted by Gasteiger charge is -1.95. The second-order valence-electron chi connectivity index (χ2n) is 1.67. The van der Waals surface area contributed by atoms with Crippen molar-refractivity contribution < 1.29 is 4.74 Å².